The third-order valence-corrected chi connectivity index (χ3v) is 6.02. The van der Waals surface area contributed by atoms with Crippen LogP contribution in [0.4, 0.5) is 4.79 Å². The number of likely N-dealkylation sites (tertiary alicyclic amines) is 1. The summed E-state index contributed by atoms with van der Waals surface area (Å²) < 4.78 is 10.7. The number of nitrogens with one attached hydrogen (secondary N) is 1. The van der Waals surface area contributed by atoms with E-state index in [1.54, 1.807) is 29.2 Å². The minimum absolute atomic E-state index is 0.115. The van der Waals surface area contributed by atoms with Crippen molar-refractivity contribution in [2.75, 3.05) is 26.3 Å². The lowest BCUT2D eigenvalue weighted by atomic mass is 9.84. The van der Waals surface area contributed by atoms with Crippen molar-refractivity contribution in [2.24, 2.45) is 0 Å². The van der Waals surface area contributed by atoms with Crippen molar-refractivity contribution in [1.82, 2.24) is 15.1 Å². The van der Waals surface area contributed by atoms with E-state index in [2.05, 4.69) is 5.32 Å². The predicted octanol–water partition coefficient (Wildman–Crippen LogP) is 1.16. The fourth-order valence-corrected chi connectivity index (χ4v) is 4.38. The van der Waals surface area contributed by atoms with E-state index in [0.717, 1.165) is 24.2 Å². The molecule has 0 saturated carbocycles. The van der Waals surface area contributed by atoms with Crippen LogP contribution >= 0.6 is 0 Å². The smallest absolute Gasteiger partial charge is 0.326 e. The number of hydrogen-bond acceptors (Lipinski definition) is 6. The molecule has 3 heterocycles. The number of benzene rings is 1. The monoisotopic (exact) mass is 415 g/mol. The van der Waals surface area contributed by atoms with Crippen LogP contribution in [0.15, 0.2) is 24.3 Å². The van der Waals surface area contributed by atoms with Crippen LogP contribution in [0.3, 0.4) is 0 Å². The molecule has 0 aromatic heterocycles. The Balaban J connectivity index is 1.40. The molecule has 4 rings (SSSR count). The zero-order valence-corrected chi connectivity index (χ0v) is 16.9. The fraction of sp³-hybridized carbons (Fsp3) is 0.524. The summed E-state index contributed by atoms with van der Waals surface area (Å²) in [6.45, 7) is 1.95. The number of amides is 4. The molecule has 30 heavy (non-hydrogen) atoms. The first-order chi connectivity index (χ1) is 14.4. The van der Waals surface area contributed by atoms with Crippen LogP contribution in [-0.4, -0.2) is 66.0 Å². The molecule has 9 heteroatoms. The highest BCUT2D eigenvalue weighted by Crippen LogP contribution is 2.40. The van der Waals surface area contributed by atoms with E-state index < -0.39 is 36.6 Å². The number of esters is 1. The second-order valence-electron chi connectivity index (χ2n) is 7.91. The summed E-state index contributed by atoms with van der Waals surface area (Å²) in [7, 11) is 0. The molecule has 3 aliphatic rings. The highest BCUT2D eigenvalue weighted by Gasteiger charge is 2.55. The minimum Gasteiger partial charge on any atom is -0.493 e. The van der Waals surface area contributed by atoms with Crippen LogP contribution in [0.25, 0.3) is 0 Å². The van der Waals surface area contributed by atoms with Crippen molar-refractivity contribution < 1.29 is 28.7 Å². The lowest BCUT2D eigenvalue weighted by Gasteiger charge is -2.33. The molecular weight excluding hydrogens is 390 g/mol. The highest BCUT2D eigenvalue weighted by atomic mass is 16.5. The molecule has 1 N–H and O–H groups in total. The van der Waals surface area contributed by atoms with E-state index in [4.69, 9.17) is 9.47 Å². The zero-order chi connectivity index (χ0) is 21.3. The van der Waals surface area contributed by atoms with Crippen LogP contribution in [0.1, 0.15) is 38.2 Å². The summed E-state index contributed by atoms with van der Waals surface area (Å²) in [5.41, 5.74) is -0.676. The molecule has 0 radical (unpaired) electrons. The third kappa shape index (κ3) is 3.48. The Morgan fingerprint density at radius 3 is 2.87 bits per heavy atom. The van der Waals surface area contributed by atoms with Crippen LogP contribution in [0.2, 0.25) is 0 Å². The van der Waals surface area contributed by atoms with Gasteiger partial charge in [-0.1, -0.05) is 18.2 Å². The molecule has 4 amide bonds. The zero-order valence-electron chi connectivity index (χ0n) is 16.9. The second kappa shape index (κ2) is 7.97. The molecule has 2 saturated heterocycles. The van der Waals surface area contributed by atoms with Gasteiger partial charge < -0.3 is 19.7 Å². The summed E-state index contributed by atoms with van der Waals surface area (Å²) >= 11 is 0. The van der Waals surface area contributed by atoms with E-state index in [-0.39, 0.29) is 25.0 Å². The molecule has 3 aliphatic heterocycles. The number of hydrogen-bond donors (Lipinski definition) is 1. The lowest BCUT2D eigenvalue weighted by Crippen LogP contribution is -2.48. The van der Waals surface area contributed by atoms with Gasteiger partial charge in [0.25, 0.3) is 11.8 Å². The van der Waals surface area contributed by atoms with Crippen molar-refractivity contribution in [1.29, 1.82) is 0 Å². The van der Waals surface area contributed by atoms with Crippen molar-refractivity contribution >= 4 is 23.8 Å². The van der Waals surface area contributed by atoms with Crippen molar-refractivity contribution in [3.63, 3.8) is 0 Å². The van der Waals surface area contributed by atoms with Gasteiger partial charge in [0.15, 0.2) is 12.1 Å². The van der Waals surface area contributed by atoms with Crippen LogP contribution < -0.4 is 10.1 Å². The predicted molar refractivity (Wildman–Crippen MR) is 104 cm³/mol. The number of nitrogens with zero attached hydrogens (tertiary/aromatic N) is 2. The first-order valence-corrected chi connectivity index (χ1v) is 10.2. The Morgan fingerprint density at radius 2 is 2.07 bits per heavy atom. The quantitative estimate of drug-likeness (QED) is 0.584. The minimum atomic E-state index is -1.24. The third-order valence-electron chi connectivity index (χ3n) is 6.02. The van der Waals surface area contributed by atoms with E-state index in [9.17, 15) is 19.2 Å². The van der Waals surface area contributed by atoms with Gasteiger partial charge in [-0.2, -0.15) is 0 Å². The molecule has 0 bridgehead atoms. The molecule has 1 aromatic rings. The van der Waals surface area contributed by atoms with Crippen LogP contribution in [0.5, 0.6) is 5.75 Å². The Morgan fingerprint density at radius 1 is 1.27 bits per heavy atom. The summed E-state index contributed by atoms with van der Waals surface area (Å²) in [4.78, 5) is 52.8. The molecule has 2 atom stereocenters. The molecule has 160 valence electrons. The van der Waals surface area contributed by atoms with Crippen molar-refractivity contribution in [3.05, 3.63) is 29.8 Å². The van der Waals surface area contributed by atoms with Gasteiger partial charge in [-0.25, -0.2) is 4.79 Å². The molecule has 0 aliphatic carbocycles. The Bertz CT molecular complexity index is 887. The molecule has 9 nitrogen and oxygen atoms in total. The second-order valence-corrected chi connectivity index (χ2v) is 7.91. The molecule has 2 fully saturated rings. The summed E-state index contributed by atoms with van der Waals surface area (Å²) in [6, 6.07) is 6.47. The normalized spacial score (nSPS) is 25.6. The number of piperidine rings is 1. The average molecular weight is 415 g/mol. The Kier molecular flexibility index (Phi) is 5.36. The van der Waals surface area contributed by atoms with E-state index in [0.29, 0.717) is 17.9 Å². The van der Waals surface area contributed by atoms with E-state index in [1.807, 2.05) is 6.92 Å². The maximum Gasteiger partial charge on any atom is 0.326 e. The number of para-hydroxylation sites is 1. The summed E-state index contributed by atoms with van der Waals surface area (Å²) in [5.74, 6) is -1.05. The van der Waals surface area contributed by atoms with Crippen LogP contribution in [-0.2, 0) is 24.7 Å². The molecule has 1 spiro atoms. The van der Waals surface area contributed by atoms with E-state index in [1.165, 1.54) is 0 Å². The molecule has 1 aromatic carbocycles. The van der Waals surface area contributed by atoms with Gasteiger partial charge in [-0.3, -0.25) is 19.3 Å². The van der Waals surface area contributed by atoms with Gasteiger partial charge in [-0.05, 0) is 32.3 Å². The first-order valence-electron chi connectivity index (χ1n) is 10.2. The number of imide groups is 1. The standard InChI is InChI=1S/C21H25N3O6/c1-14-6-4-5-10-23(14)17(25)13-30-18(26)12-24-19(27)21(22-20(24)28)9-11-29-16-8-3-2-7-15(16)21/h2-3,7-8,14H,4-6,9-13H2,1H3,(H,22,28)/t14-,21+/m1/s1. The Labute approximate surface area is 174 Å². The maximum atomic E-state index is 13.1. The molecule has 0 unspecified atom stereocenters. The SMILES string of the molecule is C[C@@H]1CCCCN1C(=O)COC(=O)CN1C(=O)N[C@]2(CCOc3ccccc32)C1=O. The number of ether oxygens (including phenoxy) is 2. The van der Waals surface area contributed by atoms with Gasteiger partial charge in [-0.15, -0.1) is 0 Å². The van der Waals surface area contributed by atoms with Gasteiger partial charge in [0.2, 0.25) is 0 Å². The lowest BCUT2D eigenvalue weighted by molar-refractivity contribution is -0.155. The summed E-state index contributed by atoms with van der Waals surface area (Å²) in [6.07, 6.45) is 3.20. The number of carbonyl (C=O) groups is 4. The Hall–Kier alpha value is -3.10. The van der Waals surface area contributed by atoms with Crippen molar-refractivity contribution in [2.45, 2.75) is 44.2 Å². The van der Waals surface area contributed by atoms with Gasteiger partial charge in [0.05, 0.1) is 6.61 Å². The van der Waals surface area contributed by atoms with Gasteiger partial charge >= 0.3 is 12.0 Å². The summed E-state index contributed by atoms with van der Waals surface area (Å²) in [5, 5.41) is 2.73. The van der Waals surface area contributed by atoms with Crippen molar-refractivity contribution in [3.8, 4) is 5.75 Å². The van der Waals surface area contributed by atoms with Gasteiger partial charge in [0.1, 0.15) is 12.3 Å². The molecular formula is C21H25N3O6. The maximum absolute atomic E-state index is 13.1. The van der Waals surface area contributed by atoms with E-state index >= 15 is 0 Å². The fourth-order valence-electron chi connectivity index (χ4n) is 4.38. The van der Waals surface area contributed by atoms with Crippen LogP contribution in [0, 0.1) is 0 Å². The largest absolute Gasteiger partial charge is 0.493 e. The number of rotatable bonds is 4. The topological polar surface area (TPSA) is 105 Å². The average Bonchev–Trinajstić information content (AvgIpc) is 2.97. The first kappa shape index (κ1) is 20.2. The number of carbonyl (C=O) groups excluding carboxylic acids is 4. The van der Waals surface area contributed by atoms with Gasteiger partial charge in [0, 0.05) is 24.6 Å². The number of urea groups is 1. The highest BCUT2D eigenvalue weighted by molar-refractivity contribution is 6.09. The number of fused-ring (bicyclic) bond motifs is 2.